The second-order valence-electron chi connectivity index (χ2n) is 6.66. The Labute approximate surface area is 166 Å². The first-order chi connectivity index (χ1) is 11.6. The van der Waals surface area contributed by atoms with E-state index in [4.69, 9.17) is 10.5 Å². The van der Waals surface area contributed by atoms with Gasteiger partial charge in [-0.25, -0.2) is 4.39 Å². The van der Waals surface area contributed by atoms with Gasteiger partial charge in [0.15, 0.2) is 0 Å². The maximum Gasteiger partial charge on any atom is 0.226 e. The summed E-state index contributed by atoms with van der Waals surface area (Å²) in [4.78, 5) is 16.9. The molecule has 0 radical (unpaired) electrons. The van der Waals surface area contributed by atoms with Gasteiger partial charge in [-0.15, -0.1) is 24.8 Å². The first-order valence-corrected chi connectivity index (χ1v) is 8.71. The molecule has 2 N–H and O–H groups in total. The summed E-state index contributed by atoms with van der Waals surface area (Å²) in [5.41, 5.74) is 6.69. The molecule has 0 aromatic heterocycles. The van der Waals surface area contributed by atoms with Crippen LogP contribution in [0.1, 0.15) is 19.3 Å². The average molecular weight is 408 g/mol. The topological polar surface area (TPSA) is 58.8 Å². The third-order valence-corrected chi connectivity index (χ3v) is 5.35. The van der Waals surface area contributed by atoms with E-state index in [1.165, 1.54) is 12.1 Å². The van der Waals surface area contributed by atoms with E-state index in [2.05, 4.69) is 4.90 Å². The predicted molar refractivity (Wildman–Crippen MR) is 106 cm³/mol. The number of halogens is 3. The van der Waals surface area contributed by atoms with Gasteiger partial charge in [0.05, 0.1) is 12.8 Å². The lowest BCUT2D eigenvalue weighted by Gasteiger charge is -2.38. The van der Waals surface area contributed by atoms with Crippen LogP contribution in [0, 0.1) is 17.7 Å². The highest BCUT2D eigenvalue weighted by Gasteiger charge is 2.35. The molecule has 2 fully saturated rings. The number of hydrogen-bond donors (Lipinski definition) is 1. The fourth-order valence-corrected chi connectivity index (χ4v) is 3.96. The SMILES string of the molecule is COc1cc(F)ccc1N1CCN(C(=O)[C@@H]2CCC[C@@H]2CN)CC1.Cl.Cl. The molecule has 1 aromatic rings. The molecule has 2 aliphatic rings. The number of carbonyl (C=O) groups excluding carboxylic acids is 1. The number of amides is 1. The minimum atomic E-state index is -0.307. The second-order valence-corrected chi connectivity index (χ2v) is 6.66. The van der Waals surface area contributed by atoms with Gasteiger partial charge in [0.2, 0.25) is 5.91 Å². The van der Waals surface area contributed by atoms with Crippen molar-refractivity contribution in [3.8, 4) is 5.75 Å². The number of carbonyl (C=O) groups is 1. The van der Waals surface area contributed by atoms with Gasteiger partial charge in [-0.2, -0.15) is 0 Å². The summed E-state index contributed by atoms with van der Waals surface area (Å²) >= 11 is 0. The van der Waals surface area contributed by atoms with Crippen molar-refractivity contribution in [2.24, 2.45) is 17.6 Å². The van der Waals surface area contributed by atoms with Gasteiger partial charge in [0.25, 0.3) is 0 Å². The molecule has 26 heavy (non-hydrogen) atoms. The zero-order chi connectivity index (χ0) is 17.1. The Morgan fingerprint density at radius 2 is 1.92 bits per heavy atom. The summed E-state index contributed by atoms with van der Waals surface area (Å²) in [7, 11) is 1.55. The summed E-state index contributed by atoms with van der Waals surface area (Å²) in [6.07, 6.45) is 3.14. The Bertz CT molecular complexity index is 598. The van der Waals surface area contributed by atoms with E-state index >= 15 is 0 Å². The van der Waals surface area contributed by atoms with Crippen molar-refractivity contribution in [2.45, 2.75) is 19.3 Å². The van der Waals surface area contributed by atoms with Crippen molar-refractivity contribution in [3.05, 3.63) is 24.0 Å². The van der Waals surface area contributed by atoms with E-state index in [1.807, 2.05) is 4.90 Å². The van der Waals surface area contributed by atoms with Gasteiger partial charge in [-0.05, 0) is 37.4 Å². The number of nitrogens with zero attached hydrogens (tertiary/aromatic N) is 2. The summed E-state index contributed by atoms with van der Waals surface area (Å²) in [6.45, 7) is 3.44. The average Bonchev–Trinajstić information content (AvgIpc) is 3.10. The van der Waals surface area contributed by atoms with Crippen LogP contribution in [0.3, 0.4) is 0 Å². The van der Waals surface area contributed by atoms with Crippen molar-refractivity contribution < 1.29 is 13.9 Å². The zero-order valence-electron chi connectivity index (χ0n) is 15.0. The van der Waals surface area contributed by atoms with Crippen LogP contribution in [-0.2, 0) is 4.79 Å². The van der Waals surface area contributed by atoms with Gasteiger partial charge in [0, 0.05) is 38.2 Å². The number of hydrogen-bond acceptors (Lipinski definition) is 4. The number of nitrogens with two attached hydrogens (primary N) is 1. The smallest absolute Gasteiger partial charge is 0.226 e. The van der Waals surface area contributed by atoms with Crippen LogP contribution in [0.25, 0.3) is 0 Å². The van der Waals surface area contributed by atoms with E-state index in [0.29, 0.717) is 31.3 Å². The minimum Gasteiger partial charge on any atom is -0.494 e. The van der Waals surface area contributed by atoms with Crippen molar-refractivity contribution in [3.63, 3.8) is 0 Å². The number of benzene rings is 1. The van der Waals surface area contributed by atoms with E-state index in [0.717, 1.165) is 38.0 Å². The maximum atomic E-state index is 13.4. The van der Waals surface area contributed by atoms with Crippen molar-refractivity contribution in [1.29, 1.82) is 0 Å². The lowest BCUT2D eigenvalue weighted by Crippen LogP contribution is -2.51. The molecule has 1 amide bonds. The third kappa shape index (κ3) is 4.72. The Morgan fingerprint density at radius 1 is 1.23 bits per heavy atom. The number of piperazine rings is 1. The van der Waals surface area contributed by atoms with Gasteiger partial charge in [-0.1, -0.05) is 6.42 Å². The van der Waals surface area contributed by atoms with Gasteiger partial charge >= 0.3 is 0 Å². The molecule has 1 aromatic carbocycles. The molecular weight excluding hydrogens is 380 g/mol. The normalized spacial score (nSPS) is 22.4. The molecule has 1 aliphatic heterocycles. The largest absolute Gasteiger partial charge is 0.494 e. The van der Waals surface area contributed by atoms with Crippen LogP contribution >= 0.6 is 24.8 Å². The van der Waals surface area contributed by atoms with Crippen LogP contribution in [-0.4, -0.2) is 50.6 Å². The zero-order valence-corrected chi connectivity index (χ0v) is 16.7. The molecule has 0 unspecified atom stereocenters. The molecule has 0 bridgehead atoms. The molecule has 1 saturated heterocycles. The summed E-state index contributed by atoms with van der Waals surface area (Å²) in [5.74, 6) is 0.926. The molecule has 2 atom stereocenters. The van der Waals surface area contributed by atoms with Gasteiger partial charge in [0.1, 0.15) is 11.6 Å². The van der Waals surface area contributed by atoms with E-state index in [-0.39, 0.29) is 42.5 Å². The van der Waals surface area contributed by atoms with E-state index < -0.39 is 0 Å². The fourth-order valence-electron chi connectivity index (χ4n) is 3.96. The summed E-state index contributed by atoms with van der Waals surface area (Å²) < 4.78 is 18.6. The lowest BCUT2D eigenvalue weighted by atomic mass is 9.94. The molecule has 3 rings (SSSR count). The molecule has 5 nitrogen and oxygen atoms in total. The quantitative estimate of drug-likeness (QED) is 0.833. The van der Waals surface area contributed by atoms with Crippen LogP contribution in [0.5, 0.6) is 5.75 Å². The third-order valence-electron chi connectivity index (χ3n) is 5.35. The molecule has 1 heterocycles. The van der Waals surface area contributed by atoms with Crippen molar-refractivity contribution >= 4 is 36.4 Å². The Balaban J connectivity index is 0.00000169. The maximum absolute atomic E-state index is 13.4. The van der Waals surface area contributed by atoms with Gasteiger partial charge in [-0.3, -0.25) is 4.79 Å². The Morgan fingerprint density at radius 3 is 2.54 bits per heavy atom. The van der Waals surface area contributed by atoms with Crippen molar-refractivity contribution in [2.75, 3.05) is 44.7 Å². The van der Waals surface area contributed by atoms with Crippen LogP contribution in [0.2, 0.25) is 0 Å². The number of ether oxygens (including phenoxy) is 1. The fraction of sp³-hybridized carbons (Fsp3) is 0.611. The minimum absolute atomic E-state index is 0. The van der Waals surface area contributed by atoms with E-state index in [1.54, 1.807) is 13.2 Å². The van der Waals surface area contributed by atoms with Crippen LogP contribution in [0.15, 0.2) is 18.2 Å². The van der Waals surface area contributed by atoms with Crippen LogP contribution in [0.4, 0.5) is 10.1 Å². The summed E-state index contributed by atoms with van der Waals surface area (Å²) in [6, 6.07) is 4.59. The lowest BCUT2D eigenvalue weighted by molar-refractivity contribution is -0.136. The van der Waals surface area contributed by atoms with Gasteiger partial charge < -0.3 is 20.3 Å². The first-order valence-electron chi connectivity index (χ1n) is 8.71. The second kappa shape index (κ2) is 10.2. The highest BCUT2D eigenvalue weighted by atomic mass is 35.5. The Kier molecular flexibility index (Phi) is 8.93. The van der Waals surface area contributed by atoms with E-state index in [9.17, 15) is 9.18 Å². The molecule has 1 saturated carbocycles. The summed E-state index contributed by atoms with van der Waals surface area (Å²) in [5, 5.41) is 0. The molecular formula is C18H28Cl2FN3O2. The Hall–Kier alpha value is -1.24. The number of rotatable bonds is 4. The van der Waals surface area contributed by atoms with Crippen LogP contribution < -0.4 is 15.4 Å². The highest BCUT2D eigenvalue weighted by Crippen LogP contribution is 2.33. The molecule has 1 aliphatic carbocycles. The standard InChI is InChI=1S/C18H26FN3O2.2ClH/c1-24-17-11-14(19)5-6-16(17)21-7-9-22(10-8-21)18(23)15-4-2-3-13(15)12-20;;/h5-6,11,13,15H,2-4,7-10,12,20H2,1H3;2*1H/t13-,15-;;/m1../s1. The first kappa shape index (κ1) is 22.8. The predicted octanol–water partition coefficient (Wildman–Crippen LogP) is 2.70. The number of anilines is 1. The molecule has 8 heteroatoms. The van der Waals surface area contributed by atoms with Crippen molar-refractivity contribution in [1.82, 2.24) is 4.90 Å². The molecule has 0 spiro atoms. The number of methoxy groups -OCH3 is 1. The molecule has 148 valence electrons. The highest BCUT2D eigenvalue weighted by molar-refractivity contribution is 5.85. The monoisotopic (exact) mass is 407 g/mol.